The van der Waals surface area contributed by atoms with Crippen LogP contribution in [0.4, 0.5) is 17.6 Å². The van der Waals surface area contributed by atoms with E-state index in [1.807, 2.05) is 30.3 Å². The number of nitrogen functional groups attached to an aromatic ring is 1. The molecule has 1 fully saturated rings. The number of rotatable bonds is 4. The van der Waals surface area contributed by atoms with Gasteiger partial charge in [-0.3, -0.25) is 4.90 Å². The second-order valence-corrected chi connectivity index (χ2v) is 5.50. The average Bonchev–Trinajstić information content (AvgIpc) is 2.50. The summed E-state index contributed by atoms with van der Waals surface area (Å²) < 4.78 is 0. The fourth-order valence-corrected chi connectivity index (χ4v) is 2.42. The first-order valence-electron chi connectivity index (χ1n) is 7.42. The van der Waals surface area contributed by atoms with Gasteiger partial charge in [0.05, 0.1) is 6.54 Å². The summed E-state index contributed by atoms with van der Waals surface area (Å²) in [5.74, 6) is 1.44. The maximum atomic E-state index is 5.81. The highest BCUT2D eigenvalue weighted by molar-refractivity contribution is 5.53. The van der Waals surface area contributed by atoms with Crippen LogP contribution in [0.3, 0.4) is 0 Å². The number of aromatic nitrogens is 3. The third-order valence-corrected chi connectivity index (χ3v) is 3.69. The molecule has 0 aliphatic carbocycles. The molecule has 1 aliphatic rings. The molecule has 0 unspecified atom stereocenters. The number of likely N-dealkylation sites (N-methyl/N-ethyl adjacent to an activating group) is 1. The van der Waals surface area contributed by atoms with Crippen LogP contribution in [0, 0.1) is 0 Å². The van der Waals surface area contributed by atoms with E-state index < -0.39 is 0 Å². The topological polar surface area (TPSA) is 83.2 Å². The monoisotopic (exact) mass is 299 g/mol. The Bertz CT molecular complexity index is 609. The molecule has 1 aromatic heterocycles. The van der Waals surface area contributed by atoms with E-state index in [4.69, 9.17) is 5.73 Å². The molecule has 7 nitrogen and oxygen atoms in total. The number of nitrogens with zero attached hydrogens (tertiary/aromatic N) is 5. The predicted molar refractivity (Wildman–Crippen MR) is 86.7 cm³/mol. The molecule has 0 bridgehead atoms. The zero-order valence-corrected chi connectivity index (χ0v) is 12.7. The Hall–Kier alpha value is -2.25. The van der Waals surface area contributed by atoms with Crippen LogP contribution in [0.25, 0.3) is 0 Å². The number of nitrogens with one attached hydrogen (secondary N) is 1. The lowest BCUT2D eigenvalue weighted by Crippen LogP contribution is -2.44. The Kier molecular flexibility index (Phi) is 4.45. The Morgan fingerprint density at radius 2 is 1.77 bits per heavy atom. The van der Waals surface area contributed by atoms with Crippen molar-refractivity contribution in [3.8, 4) is 0 Å². The summed E-state index contributed by atoms with van der Waals surface area (Å²) in [4.78, 5) is 17.5. The quantitative estimate of drug-likeness (QED) is 0.869. The van der Waals surface area contributed by atoms with Gasteiger partial charge in [0.25, 0.3) is 0 Å². The van der Waals surface area contributed by atoms with Gasteiger partial charge < -0.3 is 16.0 Å². The summed E-state index contributed by atoms with van der Waals surface area (Å²) in [6, 6.07) is 9.79. The maximum Gasteiger partial charge on any atom is 0.232 e. The van der Waals surface area contributed by atoms with Crippen LogP contribution in [0.5, 0.6) is 0 Å². The van der Waals surface area contributed by atoms with Crippen molar-refractivity contribution >= 4 is 17.6 Å². The van der Waals surface area contributed by atoms with Crippen molar-refractivity contribution in [2.24, 2.45) is 0 Å². The molecule has 0 spiro atoms. The second-order valence-electron chi connectivity index (χ2n) is 5.50. The van der Waals surface area contributed by atoms with Gasteiger partial charge in [0, 0.05) is 31.9 Å². The number of para-hydroxylation sites is 1. The van der Waals surface area contributed by atoms with Gasteiger partial charge in [0.1, 0.15) is 5.82 Å². The smallest absolute Gasteiger partial charge is 0.232 e. The lowest BCUT2D eigenvalue weighted by atomic mass is 10.3. The molecule has 0 amide bonds. The van der Waals surface area contributed by atoms with Crippen molar-refractivity contribution in [1.82, 2.24) is 24.8 Å². The van der Waals surface area contributed by atoms with Crippen LogP contribution in [-0.4, -0.2) is 58.0 Å². The van der Waals surface area contributed by atoms with E-state index in [9.17, 15) is 0 Å². The molecule has 0 saturated carbocycles. The summed E-state index contributed by atoms with van der Waals surface area (Å²) in [6.45, 7) is 4.86. The molecule has 3 N–H and O–H groups in total. The van der Waals surface area contributed by atoms with Crippen LogP contribution in [-0.2, 0) is 6.54 Å². The number of hydrogen-bond donors (Lipinski definition) is 2. The van der Waals surface area contributed by atoms with E-state index in [1.165, 1.54) is 0 Å². The molecule has 2 aromatic rings. The molecule has 116 valence electrons. The largest absolute Gasteiger partial charge is 0.368 e. The number of piperazine rings is 1. The fraction of sp³-hybridized carbons (Fsp3) is 0.400. The van der Waals surface area contributed by atoms with Gasteiger partial charge in [-0.05, 0) is 19.2 Å². The summed E-state index contributed by atoms with van der Waals surface area (Å²) in [5.41, 5.74) is 6.74. The van der Waals surface area contributed by atoms with Crippen LogP contribution >= 0.6 is 0 Å². The highest BCUT2D eigenvalue weighted by Gasteiger charge is 2.16. The van der Waals surface area contributed by atoms with Crippen LogP contribution < -0.4 is 11.1 Å². The molecule has 0 radical (unpaired) electrons. The molecule has 1 saturated heterocycles. The van der Waals surface area contributed by atoms with Gasteiger partial charge in [0.15, 0.2) is 0 Å². The lowest BCUT2D eigenvalue weighted by molar-refractivity contribution is 0.145. The molecule has 22 heavy (non-hydrogen) atoms. The maximum absolute atomic E-state index is 5.81. The first-order valence-corrected chi connectivity index (χ1v) is 7.42. The zero-order chi connectivity index (χ0) is 15.4. The van der Waals surface area contributed by atoms with E-state index in [0.29, 0.717) is 18.3 Å². The van der Waals surface area contributed by atoms with E-state index in [2.05, 4.69) is 37.1 Å². The highest BCUT2D eigenvalue weighted by atomic mass is 15.3. The van der Waals surface area contributed by atoms with Crippen molar-refractivity contribution in [1.29, 1.82) is 0 Å². The van der Waals surface area contributed by atoms with Gasteiger partial charge in [-0.1, -0.05) is 18.2 Å². The van der Waals surface area contributed by atoms with Crippen molar-refractivity contribution < 1.29 is 0 Å². The number of benzene rings is 1. The summed E-state index contributed by atoms with van der Waals surface area (Å²) in [7, 11) is 2.14. The molecular formula is C15H21N7. The molecule has 1 aliphatic heterocycles. The van der Waals surface area contributed by atoms with Crippen molar-refractivity contribution in [3.05, 3.63) is 36.2 Å². The van der Waals surface area contributed by atoms with Crippen molar-refractivity contribution in [3.63, 3.8) is 0 Å². The first-order chi connectivity index (χ1) is 10.7. The van der Waals surface area contributed by atoms with E-state index >= 15 is 0 Å². The summed E-state index contributed by atoms with van der Waals surface area (Å²) in [5, 5.41) is 3.16. The van der Waals surface area contributed by atoms with Gasteiger partial charge in [-0.25, -0.2) is 0 Å². The minimum atomic E-state index is 0.248. The van der Waals surface area contributed by atoms with Crippen LogP contribution in [0.1, 0.15) is 5.82 Å². The summed E-state index contributed by atoms with van der Waals surface area (Å²) in [6.07, 6.45) is 0. The second kappa shape index (κ2) is 6.67. The molecule has 3 rings (SSSR count). The first kappa shape index (κ1) is 14.7. The number of anilines is 3. The van der Waals surface area contributed by atoms with Gasteiger partial charge >= 0.3 is 0 Å². The summed E-state index contributed by atoms with van der Waals surface area (Å²) >= 11 is 0. The zero-order valence-electron chi connectivity index (χ0n) is 12.7. The number of nitrogens with two attached hydrogens (primary N) is 1. The average molecular weight is 299 g/mol. The normalized spacial score (nSPS) is 16.6. The minimum absolute atomic E-state index is 0.248. The molecular weight excluding hydrogens is 278 g/mol. The minimum Gasteiger partial charge on any atom is -0.368 e. The Balaban J connectivity index is 1.70. The van der Waals surface area contributed by atoms with Crippen LogP contribution in [0.15, 0.2) is 30.3 Å². The van der Waals surface area contributed by atoms with Gasteiger partial charge in [-0.2, -0.15) is 15.0 Å². The van der Waals surface area contributed by atoms with Crippen molar-refractivity contribution in [2.45, 2.75) is 6.54 Å². The molecule has 7 heteroatoms. The van der Waals surface area contributed by atoms with Crippen LogP contribution in [0.2, 0.25) is 0 Å². The molecule has 2 heterocycles. The Morgan fingerprint density at radius 1 is 1.05 bits per heavy atom. The third-order valence-electron chi connectivity index (χ3n) is 3.69. The highest BCUT2D eigenvalue weighted by Crippen LogP contribution is 2.13. The van der Waals surface area contributed by atoms with E-state index in [-0.39, 0.29) is 5.95 Å². The Labute approximate surface area is 130 Å². The fourth-order valence-electron chi connectivity index (χ4n) is 2.42. The lowest BCUT2D eigenvalue weighted by Gasteiger charge is -2.31. The standard InChI is InChI=1S/C15H21N7/c1-21-7-9-22(10-8-21)11-13-18-14(16)20-15(19-13)17-12-5-3-2-4-6-12/h2-6H,7-11H2,1H3,(H3,16,17,18,19,20). The number of hydrogen-bond acceptors (Lipinski definition) is 7. The van der Waals surface area contributed by atoms with Gasteiger partial charge in [0.2, 0.25) is 11.9 Å². The van der Waals surface area contributed by atoms with Crippen molar-refractivity contribution in [2.75, 3.05) is 44.3 Å². The van der Waals surface area contributed by atoms with Gasteiger partial charge in [-0.15, -0.1) is 0 Å². The molecule has 0 atom stereocenters. The predicted octanol–water partition coefficient (Wildman–Crippen LogP) is 0.945. The van der Waals surface area contributed by atoms with E-state index in [1.54, 1.807) is 0 Å². The SMILES string of the molecule is CN1CCN(Cc2nc(N)nc(Nc3ccccc3)n2)CC1. The van der Waals surface area contributed by atoms with E-state index in [0.717, 1.165) is 31.9 Å². The third kappa shape index (κ3) is 3.90. The Morgan fingerprint density at radius 3 is 2.50 bits per heavy atom. The molecule has 1 aromatic carbocycles.